The maximum Gasteiger partial charge on any atom is 0.261 e. The van der Waals surface area contributed by atoms with E-state index in [9.17, 15) is 13.2 Å². The number of nitrogens with one attached hydrogen (secondary N) is 1. The Balaban J connectivity index is 1.89. The zero-order valence-electron chi connectivity index (χ0n) is 13.8. The van der Waals surface area contributed by atoms with Gasteiger partial charge in [-0.05, 0) is 49.1 Å². The fraction of sp³-hybridized carbons (Fsp3) is 0.353. The smallest absolute Gasteiger partial charge is 0.261 e. The predicted octanol–water partition coefficient (Wildman–Crippen LogP) is 2.63. The van der Waals surface area contributed by atoms with Gasteiger partial charge in [0, 0.05) is 11.4 Å². The summed E-state index contributed by atoms with van der Waals surface area (Å²) in [5.41, 5.74) is 2.18. The van der Waals surface area contributed by atoms with Gasteiger partial charge in [0.25, 0.3) is 5.91 Å². The van der Waals surface area contributed by atoms with Crippen molar-refractivity contribution in [3.63, 3.8) is 0 Å². The number of primary sulfonamides is 1. The van der Waals surface area contributed by atoms with E-state index in [0.29, 0.717) is 13.0 Å². The van der Waals surface area contributed by atoms with E-state index in [1.54, 1.807) is 12.1 Å². The Labute approximate surface area is 146 Å². The van der Waals surface area contributed by atoms with Crippen LogP contribution in [0.1, 0.15) is 39.0 Å². The molecule has 7 heteroatoms. The molecule has 1 aromatic heterocycles. The van der Waals surface area contributed by atoms with Gasteiger partial charge in [-0.3, -0.25) is 4.79 Å². The first-order valence-corrected chi connectivity index (χ1v) is 10.2. The lowest BCUT2D eigenvalue weighted by Gasteiger charge is -2.05. The van der Waals surface area contributed by atoms with Crippen LogP contribution in [0.15, 0.2) is 35.2 Å². The molecule has 3 N–H and O–H groups in total. The van der Waals surface area contributed by atoms with Crippen LogP contribution in [0.2, 0.25) is 0 Å². The summed E-state index contributed by atoms with van der Waals surface area (Å²) in [5.74, 6) is -0.0633. The molecule has 0 bridgehead atoms. The molecule has 0 aliphatic carbocycles. The Morgan fingerprint density at radius 1 is 1.21 bits per heavy atom. The van der Waals surface area contributed by atoms with Gasteiger partial charge < -0.3 is 5.32 Å². The Morgan fingerprint density at radius 3 is 2.46 bits per heavy atom. The molecule has 0 saturated heterocycles. The van der Waals surface area contributed by atoms with Crippen molar-refractivity contribution in [2.45, 2.75) is 38.0 Å². The van der Waals surface area contributed by atoms with E-state index in [-0.39, 0.29) is 10.8 Å². The third kappa shape index (κ3) is 4.90. The average molecular weight is 367 g/mol. The first-order chi connectivity index (χ1) is 11.3. The molecule has 0 spiro atoms. The molecular formula is C17H22N2O3S2. The average Bonchev–Trinajstić information content (AvgIpc) is 2.88. The summed E-state index contributed by atoms with van der Waals surface area (Å²) in [7, 11) is -3.66. The highest BCUT2D eigenvalue weighted by Gasteiger charge is 2.12. The molecule has 0 aliphatic rings. The Hall–Kier alpha value is -1.70. The van der Waals surface area contributed by atoms with Crippen molar-refractivity contribution in [1.82, 2.24) is 5.32 Å². The van der Waals surface area contributed by atoms with Crippen molar-refractivity contribution in [3.05, 3.63) is 51.2 Å². The minimum Gasteiger partial charge on any atom is -0.351 e. The van der Waals surface area contributed by atoms with Gasteiger partial charge in [-0.25, -0.2) is 13.6 Å². The molecular weight excluding hydrogens is 344 g/mol. The van der Waals surface area contributed by atoms with Gasteiger partial charge in [-0.1, -0.05) is 25.5 Å². The molecule has 1 aromatic carbocycles. The summed E-state index contributed by atoms with van der Waals surface area (Å²) in [6.45, 7) is 4.66. The molecule has 1 heterocycles. The molecule has 2 rings (SSSR count). The second-order valence-electron chi connectivity index (χ2n) is 5.64. The predicted molar refractivity (Wildman–Crippen MR) is 96.9 cm³/mol. The van der Waals surface area contributed by atoms with E-state index >= 15 is 0 Å². The summed E-state index contributed by atoms with van der Waals surface area (Å²) in [6.07, 6.45) is 2.68. The van der Waals surface area contributed by atoms with Gasteiger partial charge in [0.05, 0.1) is 9.77 Å². The number of benzene rings is 1. The SMILES string of the molecule is CCCc1cc(C(=O)NCCc2ccc(S(N)(=O)=O)cc2)sc1C. The lowest BCUT2D eigenvalue weighted by atomic mass is 10.1. The summed E-state index contributed by atoms with van der Waals surface area (Å²) < 4.78 is 22.4. The quantitative estimate of drug-likeness (QED) is 0.789. The fourth-order valence-corrected chi connectivity index (χ4v) is 3.91. The number of aryl methyl sites for hydroxylation is 2. The fourth-order valence-electron chi connectivity index (χ4n) is 2.40. The molecule has 0 saturated carbocycles. The summed E-state index contributed by atoms with van der Waals surface area (Å²) >= 11 is 1.52. The Kier molecular flexibility index (Phi) is 6.15. The number of hydrogen-bond acceptors (Lipinski definition) is 4. The van der Waals surface area contributed by atoms with Crippen LogP contribution in [0.25, 0.3) is 0 Å². The number of thiophene rings is 1. The number of nitrogens with two attached hydrogens (primary N) is 1. The Morgan fingerprint density at radius 2 is 1.88 bits per heavy atom. The van der Waals surface area contributed by atoms with Crippen LogP contribution >= 0.6 is 11.3 Å². The Bertz CT molecular complexity index is 809. The van der Waals surface area contributed by atoms with Crippen LogP contribution in [0.3, 0.4) is 0 Å². The van der Waals surface area contributed by atoms with E-state index in [4.69, 9.17) is 5.14 Å². The molecule has 0 atom stereocenters. The van der Waals surface area contributed by atoms with Crippen molar-refractivity contribution in [1.29, 1.82) is 0 Å². The number of carbonyl (C=O) groups excluding carboxylic acids is 1. The van der Waals surface area contributed by atoms with Gasteiger partial charge in [0.2, 0.25) is 10.0 Å². The first kappa shape index (κ1) is 18.6. The van der Waals surface area contributed by atoms with Crippen LogP contribution in [-0.2, 0) is 22.9 Å². The topological polar surface area (TPSA) is 89.3 Å². The minimum atomic E-state index is -3.66. The second kappa shape index (κ2) is 7.92. The highest BCUT2D eigenvalue weighted by atomic mass is 32.2. The highest BCUT2D eigenvalue weighted by molar-refractivity contribution is 7.89. The normalized spacial score (nSPS) is 11.5. The zero-order valence-corrected chi connectivity index (χ0v) is 15.5. The van der Waals surface area contributed by atoms with E-state index < -0.39 is 10.0 Å². The molecule has 0 fully saturated rings. The first-order valence-electron chi connectivity index (χ1n) is 7.80. The van der Waals surface area contributed by atoms with Gasteiger partial charge in [-0.2, -0.15) is 0 Å². The largest absolute Gasteiger partial charge is 0.351 e. The van der Waals surface area contributed by atoms with Crippen LogP contribution < -0.4 is 10.5 Å². The zero-order chi connectivity index (χ0) is 17.7. The van der Waals surface area contributed by atoms with E-state index in [1.807, 2.05) is 13.0 Å². The highest BCUT2D eigenvalue weighted by Crippen LogP contribution is 2.22. The monoisotopic (exact) mass is 366 g/mol. The molecule has 2 aromatic rings. The van der Waals surface area contributed by atoms with E-state index in [1.165, 1.54) is 33.9 Å². The van der Waals surface area contributed by atoms with Crippen molar-refractivity contribution < 1.29 is 13.2 Å². The molecule has 1 amide bonds. The number of sulfonamides is 1. The van der Waals surface area contributed by atoms with Gasteiger partial charge in [0.15, 0.2) is 0 Å². The third-order valence-electron chi connectivity index (χ3n) is 3.71. The van der Waals surface area contributed by atoms with Crippen molar-refractivity contribution in [3.8, 4) is 0 Å². The summed E-state index contributed by atoms with van der Waals surface area (Å²) in [5, 5.41) is 7.97. The van der Waals surface area contributed by atoms with E-state index in [2.05, 4.69) is 12.2 Å². The van der Waals surface area contributed by atoms with Crippen LogP contribution in [0.4, 0.5) is 0 Å². The van der Waals surface area contributed by atoms with Gasteiger partial charge in [-0.15, -0.1) is 11.3 Å². The van der Waals surface area contributed by atoms with Gasteiger partial charge in [0.1, 0.15) is 0 Å². The van der Waals surface area contributed by atoms with Crippen molar-refractivity contribution in [2.24, 2.45) is 5.14 Å². The summed E-state index contributed by atoms with van der Waals surface area (Å²) in [4.78, 5) is 14.2. The molecule has 0 aliphatic heterocycles. The molecule has 0 unspecified atom stereocenters. The van der Waals surface area contributed by atoms with Gasteiger partial charge >= 0.3 is 0 Å². The van der Waals surface area contributed by atoms with Crippen molar-refractivity contribution >= 4 is 27.3 Å². The van der Waals surface area contributed by atoms with Crippen LogP contribution in [0, 0.1) is 6.92 Å². The molecule has 24 heavy (non-hydrogen) atoms. The lowest BCUT2D eigenvalue weighted by molar-refractivity contribution is 0.0958. The minimum absolute atomic E-state index is 0.0633. The van der Waals surface area contributed by atoms with Crippen molar-refractivity contribution in [2.75, 3.05) is 6.54 Å². The molecule has 130 valence electrons. The molecule has 5 nitrogen and oxygen atoms in total. The number of rotatable bonds is 7. The van der Waals surface area contributed by atoms with Crippen LogP contribution in [0.5, 0.6) is 0 Å². The lowest BCUT2D eigenvalue weighted by Crippen LogP contribution is -2.24. The number of amides is 1. The molecule has 0 radical (unpaired) electrons. The number of hydrogen-bond donors (Lipinski definition) is 2. The number of carbonyl (C=O) groups is 1. The van der Waals surface area contributed by atoms with E-state index in [0.717, 1.165) is 23.3 Å². The maximum atomic E-state index is 12.2. The second-order valence-corrected chi connectivity index (χ2v) is 8.45. The van der Waals surface area contributed by atoms with Crippen LogP contribution in [-0.4, -0.2) is 20.9 Å². The third-order valence-corrected chi connectivity index (χ3v) is 5.74. The maximum absolute atomic E-state index is 12.2. The standard InChI is InChI=1S/C17H22N2O3S2/c1-3-4-14-11-16(23-12(14)2)17(20)19-10-9-13-5-7-15(8-6-13)24(18,21)22/h5-8,11H,3-4,9-10H2,1-2H3,(H,19,20)(H2,18,21,22). The summed E-state index contributed by atoms with van der Waals surface area (Å²) in [6, 6.07) is 8.35.